The Bertz CT molecular complexity index is 524. The van der Waals surface area contributed by atoms with Gasteiger partial charge in [0.1, 0.15) is 12.1 Å². The van der Waals surface area contributed by atoms with Gasteiger partial charge in [-0.15, -0.1) is 0 Å². The maximum Gasteiger partial charge on any atom is 0.153 e. The van der Waals surface area contributed by atoms with Gasteiger partial charge in [-0.05, 0) is 25.7 Å². The predicted molar refractivity (Wildman–Crippen MR) is 80.7 cm³/mol. The highest BCUT2D eigenvalue weighted by Crippen LogP contribution is 2.27. The number of piperazine rings is 1. The molecule has 0 atom stereocenters. The van der Waals surface area contributed by atoms with Crippen molar-refractivity contribution in [2.24, 2.45) is 10.9 Å². The van der Waals surface area contributed by atoms with Gasteiger partial charge in [0.05, 0.1) is 6.54 Å². The van der Waals surface area contributed by atoms with Crippen molar-refractivity contribution in [3.05, 3.63) is 17.6 Å². The zero-order valence-electron chi connectivity index (χ0n) is 12.2. The van der Waals surface area contributed by atoms with Crippen molar-refractivity contribution < 1.29 is 5.21 Å². The Hall–Kier alpha value is -1.89. The molecule has 1 aromatic rings. The Balaban J connectivity index is 1.67. The lowest BCUT2D eigenvalue weighted by molar-refractivity contribution is 0.278. The minimum absolute atomic E-state index is 0.267. The van der Waals surface area contributed by atoms with Gasteiger partial charge in [0.15, 0.2) is 5.84 Å². The van der Waals surface area contributed by atoms with Crippen molar-refractivity contribution >= 4 is 11.7 Å². The fourth-order valence-corrected chi connectivity index (χ4v) is 3.15. The number of oxime groups is 1. The highest BCUT2D eigenvalue weighted by Gasteiger charge is 2.23. The second-order valence-electron chi connectivity index (χ2n) is 5.68. The van der Waals surface area contributed by atoms with E-state index < -0.39 is 0 Å². The summed E-state index contributed by atoms with van der Waals surface area (Å²) in [5.41, 5.74) is 8.13. The van der Waals surface area contributed by atoms with Gasteiger partial charge >= 0.3 is 0 Å². The van der Waals surface area contributed by atoms with Crippen molar-refractivity contribution in [1.29, 1.82) is 0 Å². The lowest BCUT2D eigenvalue weighted by Crippen LogP contribution is -2.49. The van der Waals surface area contributed by atoms with Crippen LogP contribution in [0, 0.1) is 0 Å². The first-order valence-electron chi connectivity index (χ1n) is 7.54. The number of anilines is 1. The molecule has 114 valence electrons. The van der Waals surface area contributed by atoms with E-state index in [4.69, 9.17) is 10.9 Å². The molecule has 0 saturated carbocycles. The van der Waals surface area contributed by atoms with Crippen LogP contribution in [0.1, 0.15) is 24.1 Å². The molecule has 0 amide bonds. The summed E-state index contributed by atoms with van der Waals surface area (Å²) in [5.74, 6) is 1.38. The number of rotatable bonds is 3. The molecule has 7 nitrogen and oxygen atoms in total. The summed E-state index contributed by atoms with van der Waals surface area (Å²) in [5, 5.41) is 11.7. The molecule has 3 rings (SSSR count). The molecule has 1 fully saturated rings. The minimum atomic E-state index is 0.267. The van der Waals surface area contributed by atoms with Crippen LogP contribution in [0.4, 0.5) is 5.82 Å². The zero-order chi connectivity index (χ0) is 14.7. The first kappa shape index (κ1) is 14.1. The lowest BCUT2D eigenvalue weighted by atomic mass is 9.96. The van der Waals surface area contributed by atoms with Crippen molar-refractivity contribution in [2.75, 3.05) is 37.6 Å². The monoisotopic (exact) mass is 290 g/mol. The van der Waals surface area contributed by atoms with Crippen LogP contribution in [0.5, 0.6) is 0 Å². The molecule has 1 aromatic heterocycles. The molecule has 0 radical (unpaired) electrons. The zero-order valence-corrected chi connectivity index (χ0v) is 12.2. The SMILES string of the molecule is NC(CN1CCN(c2ncnc3c2CCCC3)CC1)=NO. The first-order chi connectivity index (χ1) is 10.3. The fraction of sp³-hybridized carbons (Fsp3) is 0.643. The Morgan fingerprint density at radius 3 is 2.71 bits per heavy atom. The van der Waals surface area contributed by atoms with Crippen LogP contribution >= 0.6 is 0 Å². The molecule has 0 aromatic carbocycles. The van der Waals surface area contributed by atoms with Gasteiger partial charge in [0.25, 0.3) is 0 Å². The van der Waals surface area contributed by atoms with Gasteiger partial charge < -0.3 is 15.8 Å². The van der Waals surface area contributed by atoms with Crippen LogP contribution < -0.4 is 10.6 Å². The third kappa shape index (κ3) is 3.07. The molecule has 1 aliphatic heterocycles. The van der Waals surface area contributed by atoms with E-state index in [0.29, 0.717) is 6.54 Å². The lowest BCUT2D eigenvalue weighted by Gasteiger charge is -2.36. The van der Waals surface area contributed by atoms with Gasteiger partial charge in [-0.25, -0.2) is 9.97 Å². The van der Waals surface area contributed by atoms with E-state index in [1.807, 2.05) is 0 Å². The number of aromatic nitrogens is 2. The van der Waals surface area contributed by atoms with Crippen LogP contribution in [0.15, 0.2) is 11.5 Å². The van der Waals surface area contributed by atoms with Crippen LogP contribution in [-0.4, -0.2) is 58.6 Å². The van der Waals surface area contributed by atoms with E-state index in [1.54, 1.807) is 6.33 Å². The van der Waals surface area contributed by atoms with E-state index in [0.717, 1.165) is 44.8 Å². The molecule has 0 unspecified atom stereocenters. The van der Waals surface area contributed by atoms with Crippen LogP contribution in [0.3, 0.4) is 0 Å². The summed E-state index contributed by atoms with van der Waals surface area (Å²) < 4.78 is 0. The summed E-state index contributed by atoms with van der Waals surface area (Å²) in [6, 6.07) is 0. The quantitative estimate of drug-likeness (QED) is 0.358. The Labute approximate surface area is 124 Å². The Kier molecular flexibility index (Phi) is 4.19. The molecule has 3 N–H and O–H groups in total. The topological polar surface area (TPSA) is 90.9 Å². The maximum absolute atomic E-state index is 8.64. The molecule has 2 aliphatic rings. The largest absolute Gasteiger partial charge is 0.409 e. The first-order valence-corrected chi connectivity index (χ1v) is 7.54. The molecule has 0 spiro atoms. The Morgan fingerprint density at radius 2 is 1.95 bits per heavy atom. The van der Waals surface area contributed by atoms with E-state index in [2.05, 4.69) is 24.9 Å². The van der Waals surface area contributed by atoms with Gasteiger partial charge in [0.2, 0.25) is 0 Å². The van der Waals surface area contributed by atoms with E-state index in [1.165, 1.54) is 24.1 Å². The van der Waals surface area contributed by atoms with Crippen LogP contribution in [0.2, 0.25) is 0 Å². The standard InChI is InChI=1S/C14H22N6O/c15-13(18-21)9-19-5-7-20(8-6-19)14-11-3-1-2-4-12(11)16-10-17-14/h10,21H,1-9H2,(H2,15,18). The van der Waals surface area contributed by atoms with Crippen LogP contribution in [-0.2, 0) is 12.8 Å². The van der Waals surface area contributed by atoms with E-state index in [9.17, 15) is 0 Å². The van der Waals surface area contributed by atoms with Gasteiger partial charge in [-0.1, -0.05) is 5.16 Å². The summed E-state index contributed by atoms with van der Waals surface area (Å²) in [6.07, 6.45) is 6.33. The highest BCUT2D eigenvalue weighted by molar-refractivity contribution is 5.81. The fourth-order valence-electron chi connectivity index (χ4n) is 3.15. The van der Waals surface area contributed by atoms with Gasteiger partial charge in [-0.3, -0.25) is 4.90 Å². The molecule has 1 aliphatic carbocycles. The molecule has 2 heterocycles. The second kappa shape index (κ2) is 6.26. The maximum atomic E-state index is 8.64. The molecule has 21 heavy (non-hydrogen) atoms. The molecule has 0 bridgehead atoms. The number of hydrogen-bond donors (Lipinski definition) is 2. The summed E-state index contributed by atoms with van der Waals surface area (Å²) in [4.78, 5) is 13.5. The molecular formula is C14H22N6O. The number of nitrogens with zero attached hydrogens (tertiary/aromatic N) is 5. The summed E-state index contributed by atoms with van der Waals surface area (Å²) in [7, 11) is 0. The van der Waals surface area contributed by atoms with Crippen molar-refractivity contribution in [3.63, 3.8) is 0 Å². The normalized spacial score (nSPS) is 20.4. The predicted octanol–water partition coefficient (Wildman–Crippen LogP) is 0.224. The summed E-state index contributed by atoms with van der Waals surface area (Å²) in [6.45, 7) is 4.15. The number of fused-ring (bicyclic) bond motifs is 1. The average molecular weight is 290 g/mol. The second-order valence-corrected chi connectivity index (χ2v) is 5.68. The van der Waals surface area contributed by atoms with Crippen molar-refractivity contribution in [2.45, 2.75) is 25.7 Å². The number of nitrogens with two attached hydrogens (primary N) is 1. The Morgan fingerprint density at radius 1 is 1.19 bits per heavy atom. The van der Waals surface area contributed by atoms with Crippen LogP contribution in [0.25, 0.3) is 0 Å². The number of amidine groups is 1. The minimum Gasteiger partial charge on any atom is -0.409 e. The van der Waals surface area contributed by atoms with E-state index >= 15 is 0 Å². The van der Waals surface area contributed by atoms with Crippen molar-refractivity contribution in [1.82, 2.24) is 14.9 Å². The third-order valence-electron chi connectivity index (χ3n) is 4.29. The highest BCUT2D eigenvalue weighted by atomic mass is 16.4. The third-order valence-corrected chi connectivity index (χ3v) is 4.29. The van der Waals surface area contributed by atoms with Gasteiger partial charge in [-0.2, -0.15) is 0 Å². The molecule has 1 saturated heterocycles. The van der Waals surface area contributed by atoms with E-state index in [-0.39, 0.29) is 5.84 Å². The van der Waals surface area contributed by atoms with Crippen molar-refractivity contribution in [3.8, 4) is 0 Å². The summed E-state index contributed by atoms with van der Waals surface area (Å²) >= 11 is 0. The molecular weight excluding hydrogens is 268 g/mol. The number of hydrogen-bond acceptors (Lipinski definition) is 6. The number of aryl methyl sites for hydroxylation is 1. The average Bonchev–Trinajstić information content (AvgIpc) is 2.55. The molecule has 7 heteroatoms. The smallest absolute Gasteiger partial charge is 0.153 e. The van der Waals surface area contributed by atoms with Gasteiger partial charge in [0, 0.05) is 37.4 Å².